The average Bonchev–Trinajstić information content (AvgIpc) is 2.61. The van der Waals surface area contributed by atoms with Crippen molar-refractivity contribution in [3.05, 3.63) is 11.1 Å². The van der Waals surface area contributed by atoms with Crippen LogP contribution in [0.4, 0.5) is 0 Å². The van der Waals surface area contributed by atoms with E-state index < -0.39 is 5.97 Å². The second kappa shape index (κ2) is 3.97. The van der Waals surface area contributed by atoms with Crippen LogP contribution in [-0.2, 0) is 9.53 Å². The van der Waals surface area contributed by atoms with Crippen molar-refractivity contribution < 1.29 is 14.6 Å². The van der Waals surface area contributed by atoms with E-state index in [9.17, 15) is 4.79 Å². The average molecular weight is 210 g/mol. The van der Waals surface area contributed by atoms with Crippen molar-refractivity contribution in [3.8, 4) is 0 Å². The molecule has 2 aliphatic rings. The topological polar surface area (TPSA) is 46.5 Å². The number of allylic oxidation sites excluding steroid dienone is 1. The summed E-state index contributed by atoms with van der Waals surface area (Å²) in [6.07, 6.45) is 5.27. The summed E-state index contributed by atoms with van der Waals surface area (Å²) in [5.41, 5.74) is 1.94. The van der Waals surface area contributed by atoms with Crippen LogP contribution in [0.2, 0.25) is 0 Å². The molecule has 1 aliphatic heterocycles. The van der Waals surface area contributed by atoms with Crippen molar-refractivity contribution in [1.82, 2.24) is 0 Å². The molecule has 0 bridgehead atoms. The van der Waals surface area contributed by atoms with Gasteiger partial charge in [0.25, 0.3) is 0 Å². The third-order valence-electron chi connectivity index (χ3n) is 3.95. The van der Waals surface area contributed by atoms with Crippen LogP contribution in [0, 0.1) is 5.41 Å². The number of carboxylic acids is 1. The minimum Gasteiger partial charge on any atom is -0.478 e. The number of hydrogen-bond donors (Lipinski definition) is 1. The summed E-state index contributed by atoms with van der Waals surface area (Å²) in [5.74, 6) is -0.752. The Morgan fingerprint density at radius 3 is 2.60 bits per heavy atom. The van der Waals surface area contributed by atoms with Gasteiger partial charge in [-0.2, -0.15) is 0 Å². The molecule has 3 nitrogen and oxygen atoms in total. The zero-order valence-corrected chi connectivity index (χ0v) is 9.21. The molecule has 0 atom stereocenters. The molecule has 0 aromatic heterocycles. The number of hydrogen-bond acceptors (Lipinski definition) is 2. The molecule has 0 aromatic carbocycles. The first kappa shape index (κ1) is 10.7. The molecule has 3 heteroatoms. The molecule has 1 spiro atoms. The monoisotopic (exact) mass is 210 g/mol. The molecule has 1 heterocycles. The second-order valence-electron chi connectivity index (χ2n) is 4.65. The summed E-state index contributed by atoms with van der Waals surface area (Å²) in [7, 11) is 0. The minimum atomic E-state index is -0.752. The van der Waals surface area contributed by atoms with Gasteiger partial charge in [-0.3, -0.25) is 0 Å². The van der Waals surface area contributed by atoms with Gasteiger partial charge in [-0.15, -0.1) is 0 Å². The number of aliphatic carboxylic acids is 1. The first-order valence-electron chi connectivity index (χ1n) is 5.67. The highest BCUT2D eigenvalue weighted by Crippen LogP contribution is 2.50. The fourth-order valence-electron chi connectivity index (χ4n) is 3.05. The molecule has 0 aromatic rings. The number of carbonyl (C=O) groups is 1. The maximum atomic E-state index is 11.0. The summed E-state index contributed by atoms with van der Waals surface area (Å²) in [6.45, 7) is 3.33. The van der Waals surface area contributed by atoms with Gasteiger partial charge in [0.05, 0.1) is 0 Å². The summed E-state index contributed by atoms with van der Waals surface area (Å²) in [6, 6.07) is 0. The normalized spacial score (nSPS) is 28.1. The molecule has 0 unspecified atom stereocenters. The summed E-state index contributed by atoms with van der Waals surface area (Å²) in [5, 5.41) is 9.07. The van der Waals surface area contributed by atoms with Gasteiger partial charge in [0.2, 0.25) is 0 Å². The predicted octanol–water partition coefficient (Wildman–Crippen LogP) is 2.37. The van der Waals surface area contributed by atoms with Gasteiger partial charge in [-0.1, -0.05) is 5.57 Å². The fraction of sp³-hybridized carbons (Fsp3) is 0.750. The maximum Gasteiger partial charge on any atom is 0.331 e. The first-order chi connectivity index (χ1) is 7.16. The van der Waals surface area contributed by atoms with Crippen molar-refractivity contribution in [2.24, 2.45) is 5.41 Å². The van der Waals surface area contributed by atoms with Crippen LogP contribution in [-0.4, -0.2) is 24.3 Å². The van der Waals surface area contributed by atoms with Crippen LogP contribution in [0.1, 0.15) is 39.0 Å². The molecular formula is C12H18O3. The standard InChI is InChI=1S/C12H18O3/c1-9(11(13)14)10-3-2-4-12(10)5-7-15-8-6-12/h2-8H2,1H3,(H,13,14)/b10-9+. The molecule has 0 radical (unpaired) electrons. The van der Waals surface area contributed by atoms with Crippen molar-refractivity contribution in [3.63, 3.8) is 0 Å². The molecule has 2 fully saturated rings. The molecule has 0 amide bonds. The summed E-state index contributed by atoms with van der Waals surface area (Å²) in [4.78, 5) is 11.0. The van der Waals surface area contributed by atoms with E-state index >= 15 is 0 Å². The zero-order chi connectivity index (χ0) is 10.9. The Morgan fingerprint density at radius 2 is 2.00 bits per heavy atom. The first-order valence-corrected chi connectivity index (χ1v) is 5.67. The lowest BCUT2D eigenvalue weighted by Gasteiger charge is -2.35. The van der Waals surface area contributed by atoms with Gasteiger partial charge in [-0.25, -0.2) is 4.79 Å². The number of rotatable bonds is 1. The maximum absolute atomic E-state index is 11.0. The Morgan fingerprint density at radius 1 is 1.33 bits per heavy atom. The Labute approximate surface area is 90.1 Å². The van der Waals surface area contributed by atoms with Crippen LogP contribution in [0.25, 0.3) is 0 Å². The van der Waals surface area contributed by atoms with Gasteiger partial charge < -0.3 is 9.84 Å². The highest BCUT2D eigenvalue weighted by atomic mass is 16.5. The van der Waals surface area contributed by atoms with Crippen LogP contribution in [0.15, 0.2) is 11.1 Å². The zero-order valence-electron chi connectivity index (χ0n) is 9.21. The van der Waals surface area contributed by atoms with E-state index in [2.05, 4.69) is 0 Å². The molecule has 1 saturated heterocycles. The van der Waals surface area contributed by atoms with E-state index in [1.54, 1.807) is 6.92 Å². The van der Waals surface area contributed by atoms with Gasteiger partial charge in [0.1, 0.15) is 0 Å². The van der Waals surface area contributed by atoms with Crippen molar-refractivity contribution in [1.29, 1.82) is 0 Å². The minimum absolute atomic E-state index is 0.167. The van der Waals surface area contributed by atoms with E-state index in [4.69, 9.17) is 9.84 Å². The van der Waals surface area contributed by atoms with Crippen molar-refractivity contribution >= 4 is 5.97 Å². The Kier molecular flexibility index (Phi) is 2.83. The molecular weight excluding hydrogens is 192 g/mol. The lowest BCUT2D eigenvalue weighted by atomic mass is 9.74. The predicted molar refractivity (Wildman–Crippen MR) is 56.7 cm³/mol. The van der Waals surface area contributed by atoms with Crippen LogP contribution in [0.5, 0.6) is 0 Å². The number of carboxylic acid groups (broad SMARTS) is 1. The molecule has 84 valence electrons. The van der Waals surface area contributed by atoms with E-state index in [1.807, 2.05) is 0 Å². The molecule has 1 N–H and O–H groups in total. The van der Waals surface area contributed by atoms with Gasteiger partial charge in [-0.05, 0) is 44.4 Å². The van der Waals surface area contributed by atoms with E-state index in [1.165, 1.54) is 5.57 Å². The van der Waals surface area contributed by atoms with Gasteiger partial charge in [0, 0.05) is 18.8 Å². The van der Waals surface area contributed by atoms with E-state index in [-0.39, 0.29) is 5.41 Å². The SMILES string of the molecule is C/C(C(=O)O)=C1/CCCC12CCOCC2. The summed E-state index contributed by atoms with van der Waals surface area (Å²) >= 11 is 0. The van der Waals surface area contributed by atoms with Crippen molar-refractivity contribution in [2.45, 2.75) is 39.0 Å². The van der Waals surface area contributed by atoms with Crippen LogP contribution < -0.4 is 0 Å². The quantitative estimate of drug-likeness (QED) is 0.676. The third-order valence-corrected chi connectivity index (χ3v) is 3.95. The Hall–Kier alpha value is -0.830. The molecule has 1 saturated carbocycles. The fourth-order valence-corrected chi connectivity index (χ4v) is 3.05. The smallest absolute Gasteiger partial charge is 0.331 e. The van der Waals surface area contributed by atoms with Gasteiger partial charge >= 0.3 is 5.97 Å². The highest BCUT2D eigenvalue weighted by Gasteiger charge is 2.41. The van der Waals surface area contributed by atoms with E-state index in [0.29, 0.717) is 5.57 Å². The molecule has 15 heavy (non-hydrogen) atoms. The molecule has 1 aliphatic carbocycles. The largest absolute Gasteiger partial charge is 0.478 e. The Balaban J connectivity index is 2.31. The Bertz CT molecular complexity index is 298. The second-order valence-corrected chi connectivity index (χ2v) is 4.65. The third kappa shape index (κ3) is 1.81. The lowest BCUT2D eigenvalue weighted by Crippen LogP contribution is -2.29. The number of ether oxygens (including phenoxy) is 1. The van der Waals surface area contributed by atoms with Crippen molar-refractivity contribution in [2.75, 3.05) is 13.2 Å². The highest BCUT2D eigenvalue weighted by molar-refractivity contribution is 5.87. The van der Waals surface area contributed by atoms with Crippen LogP contribution in [0.3, 0.4) is 0 Å². The van der Waals surface area contributed by atoms with Gasteiger partial charge in [0.15, 0.2) is 0 Å². The lowest BCUT2D eigenvalue weighted by molar-refractivity contribution is -0.132. The summed E-state index contributed by atoms with van der Waals surface area (Å²) < 4.78 is 5.37. The van der Waals surface area contributed by atoms with Crippen LogP contribution >= 0.6 is 0 Å². The van der Waals surface area contributed by atoms with E-state index in [0.717, 1.165) is 45.3 Å². The molecule has 2 rings (SSSR count).